The van der Waals surface area contributed by atoms with Crippen molar-refractivity contribution in [2.75, 3.05) is 26.2 Å². The summed E-state index contributed by atoms with van der Waals surface area (Å²) in [5, 5.41) is 0. The summed E-state index contributed by atoms with van der Waals surface area (Å²) in [7, 11) is 0. The smallest absolute Gasteiger partial charge is 0.0113 e. The molecular formula is C20H32N2. The van der Waals surface area contributed by atoms with Crippen LogP contribution >= 0.6 is 0 Å². The Morgan fingerprint density at radius 1 is 0.955 bits per heavy atom. The highest BCUT2D eigenvalue weighted by atomic mass is 15.3. The summed E-state index contributed by atoms with van der Waals surface area (Å²) in [5.74, 6) is 0.804. The van der Waals surface area contributed by atoms with Crippen LogP contribution in [0.15, 0.2) is 30.3 Å². The van der Waals surface area contributed by atoms with Gasteiger partial charge in [0, 0.05) is 38.3 Å². The van der Waals surface area contributed by atoms with E-state index in [-0.39, 0.29) is 0 Å². The van der Waals surface area contributed by atoms with Crippen molar-refractivity contribution in [1.82, 2.24) is 9.80 Å². The Hall–Kier alpha value is -0.860. The Balaban J connectivity index is 1.46. The van der Waals surface area contributed by atoms with Crippen LogP contribution in [0, 0.1) is 0 Å². The fraction of sp³-hybridized carbons (Fsp3) is 0.700. The molecule has 1 aromatic carbocycles. The zero-order chi connectivity index (χ0) is 15.4. The van der Waals surface area contributed by atoms with Gasteiger partial charge in [-0.25, -0.2) is 0 Å². The lowest BCUT2D eigenvalue weighted by Gasteiger charge is -2.43. The average Bonchev–Trinajstić information content (AvgIpc) is 2.62. The van der Waals surface area contributed by atoms with Gasteiger partial charge in [0.25, 0.3) is 0 Å². The Bertz CT molecular complexity index is 428. The molecule has 0 bridgehead atoms. The molecule has 1 aliphatic carbocycles. The van der Waals surface area contributed by atoms with Crippen molar-refractivity contribution in [1.29, 1.82) is 0 Å². The van der Waals surface area contributed by atoms with E-state index < -0.39 is 0 Å². The first-order valence-corrected chi connectivity index (χ1v) is 9.31. The Morgan fingerprint density at radius 2 is 1.59 bits per heavy atom. The second-order valence-corrected chi connectivity index (χ2v) is 7.25. The number of rotatable bonds is 4. The normalized spacial score (nSPS) is 29.4. The molecule has 0 aromatic heterocycles. The van der Waals surface area contributed by atoms with Crippen LogP contribution in [0.5, 0.6) is 0 Å². The lowest BCUT2D eigenvalue weighted by Crippen LogP contribution is -2.53. The maximum Gasteiger partial charge on any atom is 0.0113 e. The zero-order valence-corrected chi connectivity index (χ0v) is 14.4. The molecule has 0 unspecified atom stereocenters. The molecule has 0 N–H and O–H groups in total. The van der Waals surface area contributed by atoms with E-state index in [0.29, 0.717) is 0 Å². The minimum atomic E-state index is 0.760. The van der Waals surface area contributed by atoms with Crippen LogP contribution in [0.4, 0.5) is 0 Å². The molecule has 1 aromatic rings. The third-order valence-electron chi connectivity index (χ3n) is 6.05. The highest BCUT2D eigenvalue weighted by Crippen LogP contribution is 2.34. The zero-order valence-electron chi connectivity index (χ0n) is 14.4. The van der Waals surface area contributed by atoms with E-state index >= 15 is 0 Å². The Labute approximate surface area is 136 Å². The highest BCUT2D eigenvalue weighted by molar-refractivity contribution is 5.20. The van der Waals surface area contributed by atoms with Crippen molar-refractivity contribution in [3.63, 3.8) is 0 Å². The van der Waals surface area contributed by atoms with Gasteiger partial charge in [-0.15, -0.1) is 0 Å². The van der Waals surface area contributed by atoms with Crippen LogP contribution in [-0.2, 0) is 0 Å². The van der Waals surface area contributed by atoms with Crippen molar-refractivity contribution < 1.29 is 0 Å². The topological polar surface area (TPSA) is 6.48 Å². The molecule has 22 heavy (non-hydrogen) atoms. The van der Waals surface area contributed by atoms with Crippen molar-refractivity contribution in [2.24, 2.45) is 0 Å². The first-order valence-electron chi connectivity index (χ1n) is 9.31. The largest absolute Gasteiger partial charge is 0.298 e. The van der Waals surface area contributed by atoms with Gasteiger partial charge >= 0.3 is 0 Å². The molecule has 0 spiro atoms. The molecule has 0 radical (unpaired) electrons. The second-order valence-electron chi connectivity index (χ2n) is 7.25. The molecule has 1 atom stereocenters. The Morgan fingerprint density at radius 3 is 2.18 bits per heavy atom. The predicted molar refractivity (Wildman–Crippen MR) is 94.3 cm³/mol. The Kier molecular flexibility index (Phi) is 5.54. The summed E-state index contributed by atoms with van der Waals surface area (Å²) >= 11 is 0. The third kappa shape index (κ3) is 3.72. The molecular weight excluding hydrogens is 268 g/mol. The lowest BCUT2D eigenvalue weighted by atomic mass is 9.81. The molecule has 1 aliphatic heterocycles. The van der Waals surface area contributed by atoms with Gasteiger partial charge in [0.1, 0.15) is 0 Å². The summed E-state index contributed by atoms with van der Waals surface area (Å²) in [6.45, 7) is 9.79. The fourth-order valence-electron chi connectivity index (χ4n) is 4.30. The standard InChI is InChI=1S/C20H32N2/c1-3-17(2)21-13-15-22(16-14-21)20-11-9-19(10-12-20)18-7-5-4-6-8-18/h4-8,17,19-20H,3,9-16H2,1-2H3/t17-,19?,20?/m1/s1. The second kappa shape index (κ2) is 7.61. The number of nitrogens with zero attached hydrogens (tertiary/aromatic N) is 2. The van der Waals surface area contributed by atoms with Gasteiger partial charge in [0.15, 0.2) is 0 Å². The van der Waals surface area contributed by atoms with E-state index in [1.54, 1.807) is 5.56 Å². The van der Waals surface area contributed by atoms with Gasteiger partial charge in [-0.05, 0) is 50.5 Å². The van der Waals surface area contributed by atoms with Crippen LogP contribution in [0.1, 0.15) is 57.4 Å². The van der Waals surface area contributed by atoms with Crippen molar-refractivity contribution in [3.05, 3.63) is 35.9 Å². The summed E-state index contributed by atoms with van der Waals surface area (Å²) < 4.78 is 0. The van der Waals surface area contributed by atoms with E-state index in [0.717, 1.165) is 18.0 Å². The summed E-state index contributed by atoms with van der Waals surface area (Å²) in [4.78, 5) is 5.45. The number of piperazine rings is 1. The minimum absolute atomic E-state index is 0.760. The molecule has 1 saturated heterocycles. The van der Waals surface area contributed by atoms with Crippen molar-refractivity contribution in [2.45, 2.75) is 64.0 Å². The van der Waals surface area contributed by atoms with E-state index in [2.05, 4.69) is 54.0 Å². The molecule has 1 heterocycles. The lowest BCUT2D eigenvalue weighted by molar-refractivity contribution is 0.0574. The molecule has 3 rings (SSSR count). The van der Waals surface area contributed by atoms with Gasteiger partial charge in [-0.1, -0.05) is 37.3 Å². The van der Waals surface area contributed by atoms with E-state index in [1.807, 2.05) is 0 Å². The van der Waals surface area contributed by atoms with Crippen LogP contribution in [0.25, 0.3) is 0 Å². The number of hydrogen-bond acceptors (Lipinski definition) is 2. The van der Waals surface area contributed by atoms with Crippen LogP contribution in [0.3, 0.4) is 0 Å². The van der Waals surface area contributed by atoms with Gasteiger partial charge < -0.3 is 0 Å². The first kappa shape index (κ1) is 16.0. The third-order valence-corrected chi connectivity index (χ3v) is 6.05. The average molecular weight is 300 g/mol. The quantitative estimate of drug-likeness (QED) is 0.825. The van der Waals surface area contributed by atoms with Crippen molar-refractivity contribution >= 4 is 0 Å². The minimum Gasteiger partial charge on any atom is -0.298 e. The van der Waals surface area contributed by atoms with E-state index in [1.165, 1.54) is 58.3 Å². The molecule has 122 valence electrons. The molecule has 0 amide bonds. The predicted octanol–water partition coefficient (Wildman–Crippen LogP) is 4.13. The SMILES string of the molecule is CC[C@@H](C)N1CCN(C2CCC(c3ccccc3)CC2)CC1. The number of hydrogen-bond donors (Lipinski definition) is 0. The van der Waals surface area contributed by atoms with E-state index in [9.17, 15) is 0 Å². The van der Waals surface area contributed by atoms with Gasteiger partial charge in [0.05, 0.1) is 0 Å². The fourth-order valence-corrected chi connectivity index (χ4v) is 4.30. The number of benzene rings is 1. The van der Waals surface area contributed by atoms with Crippen LogP contribution < -0.4 is 0 Å². The highest BCUT2D eigenvalue weighted by Gasteiger charge is 2.29. The molecule has 2 aliphatic rings. The molecule has 2 nitrogen and oxygen atoms in total. The summed E-state index contributed by atoms with van der Waals surface area (Å²) in [6, 6.07) is 12.7. The van der Waals surface area contributed by atoms with Gasteiger partial charge in [-0.3, -0.25) is 9.80 Å². The first-order chi connectivity index (χ1) is 10.8. The summed E-state index contributed by atoms with van der Waals surface area (Å²) in [6.07, 6.45) is 6.81. The van der Waals surface area contributed by atoms with Crippen LogP contribution in [-0.4, -0.2) is 48.1 Å². The van der Waals surface area contributed by atoms with Gasteiger partial charge in [0.2, 0.25) is 0 Å². The monoisotopic (exact) mass is 300 g/mol. The maximum atomic E-state index is 2.78. The van der Waals surface area contributed by atoms with Crippen molar-refractivity contribution in [3.8, 4) is 0 Å². The molecule has 2 fully saturated rings. The molecule has 2 heteroatoms. The van der Waals surface area contributed by atoms with E-state index in [4.69, 9.17) is 0 Å². The molecule has 1 saturated carbocycles. The van der Waals surface area contributed by atoms with Gasteiger partial charge in [-0.2, -0.15) is 0 Å². The maximum absolute atomic E-state index is 2.78. The summed E-state index contributed by atoms with van der Waals surface area (Å²) in [5.41, 5.74) is 1.56. The van der Waals surface area contributed by atoms with Crippen LogP contribution in [0.2, 0.25) is 0 Å².